The minimum atomic E-state index is 0.100. The highest BCUT2D eigenvalue weighted by Gasteiger charge is 2.52. The lowest BCUT2D eigenvalue weighted by Crippen LogP contribution is -2.62. The highest BCUT2D eigenvalue weighted by molar-refractivity contribution is 5.95. The van der Waals surface area contributed by atoms with Crippen molar-refractivity contribution in [3.8, 4) is 0 Å². The molecule has 23 heavy (non-hydrogen) atoms. The van der Waals surface area contributed by atoms with Gasteiger partial charge in [-0.05, 0) is 81.3 Å². The van der Waals surface area contributed by atoms with E-state index in [1.54, 1.807) is 0 Å². The molecular formula is C20H26N2O. The molecule has 6 rings (SSSR count). The largest absolute Gasteiger partial charge is 0.332 e. The van der Waals surface area contributed by atoms with Gasteiger partial charge in [-0.1, -0.05) is 18.2 Å². The quantitative estimate of drug-likeness (QED) is 0.831. The molecule has 0 spiro atoms. The normalized spacial score (nSPS) is 40.3. The van der Waals surface area contributed by atoms with Crippen molar-refractivity contribution in [2.75, 3.05) is 4.90 Å². The molecule has 4 saturated carbocycles. The van der Waals surface area contributed by atoms with E-state index in [0.29, 0.717) is 0 Å². The van der Waals surface area contributed by atoms with Crippen molar-refractivity contribution in [1.82, 2.24) is 5.32 Å². The van der Waals surface area contributed by atoms with E-state index in [2.05, 4.69) is 30.4 Å². The van der Waals surface area contributed by atoms with Crippen LogP contribution in [0.3, 0.4) is 0 Å². The van der Waals surface area contributed by atoms with Gasteiger partial charge in [0.2, 0.25) is 0 Å². The first-order valence-electron chi connectivity index (χ1n) is 9.31. The SMILES string of the molecule is C[C@H]1Cc2ccccc2N1C(=O)NC12CC3CC(CC(C3)C1)C2. The standard InChI is InChI=1S/C20H26N2O/c1-13-6-17-4-2-3-5-18(17)22(13)19(23)21-20-10-14-7-15(11-20)9-16(8-14)12-20/h2-5,13-16H,6-12H2,1H3,(H,21,23)/t13-,14?,15?,16?,20?/m0/s1. The number of anilines is 1. The Morgan fingerprint density at radius 1 is 1.09 bits per heavy atom. The number of rotatable bonds is 1. The third-order valence-corrected chi connectivity index (χ3v) is 6.84. The van der Waals surface area contributed by atoms with E-state index in [9.17, 15) is 4.79 Å². The van der Waals surface area contributed by atoms with Crippen molar-refractivity contribution >= 4 is 11.7 Å². The molecule has 1 aromatic rings. The van der Waals surface area contributed by atoms with Gasteiger partial charge in [-0.25, -0.2) is 4.79 Å². The van der Waals surface area contributed by atoms with E-state index in [1.807, 2.05) is 11.0 Å². The average molecular weight is 310 g/mol. The summed E-state index contributed by atoms with van der Waals surface area (Å²) in [6.45, 7) is 2.17. The van der Waals surface area contributed by atoms with E-state index in [4.69, 9.17) is 0 Å². The zero-order chi connectivity index (χ0) is 15.6. The summed E-state index contributed by atoms with van der Waals surface area (Å²) in [5, 5.41) is 3.52. The van der Waals surface area contributed by atoms with Crippen molar-refractivity contribution in [2.45, 2.75) is 63.5 Å². The van der Waals surface area contributed by atoms with Crippen LogP contribution in [-0.2, 0) is 6.42 Å². The fourth-order valence-corrected chi connectivity index (χ4v) is 6.43. The maximum Gasteiger partial charge on any atom is 0.322 e. The average Bonchev–Trinajstić information content (AvgIpc) is 2.81. The van der Waals surface area contributed by atoms with Crippen molar-refractivity contribution in [1.29, 1.82) is 0 Å². The molecule has 1 N–H and O–H groups in total. The summed E-state index contributed by atoms with van der Waals surface area (Å²) in [7, 11) is 0. The molecule has 3 heteroatoms. The molecule has 0 aromatic heterocycles. The summed E-state index contributed by atoms with van der Waals surface area (Å²) >= 11 is 0. The summed E-state index contributed by atoms with van der Waals surface area (Å²) in [5.41, 5.74) is 2.52. The number of hydrogen-bond donors (Lipinski definition) is 1. The van der Waals surface area contributed by atoms with E-state index >= 15 is 0 Å². The number of benzene rings is 1. The molecule has 1 aromatic carbocycles. The summed E-state index contributed by atoms with van der Waals surface area (Å²) < 4.78 is 0. The van der Waals surface area contributed by atoms with E-state index in [1.165, 1.54) is 44.1 Å². The Labute approximate surface area is 138 Å². The van der Waals surface area contributed by atoms with Crippen LogP contribution in [0.1, 0.15) is 51.0 Å². The Morgan fingerprint density at radius 2 is 1.70 bits per heavy atom. The lowest BCUT2D eigenvalue weighted by Gasteiger charge is -2.57. The van der Waals surface area contributed by atoms with Gasteiger partial charge in [0, 0.05) is 17.3 Å². The molecule has 4 bridgehead atoms. The molecule has 4 fully saturated rings. The second kappa shape index (κ2) is 4.75. The van der Waals surface area contributed by atoms with Crippen molar-refractivity contribution in [3.05, 3.63) is 29.8 Å². The Bertz CT molecular complexity index is 618. The Kier molecular flexibility index (Phi) is 2.87. The van der Waals surface area contributed by atoms with Crippen LogP contribution in [-0.4, -0.2) is 17.6 Å². The number of nitrogens with zero attached hydrogens (tertiary/aromatic N) is 1. The van der Waals surface area contributed by atoms with Gasteiger partial charge >= 0.3 is 6.03 Å². The minimum absolute atomic E-state index is 0.100. The number of amides is 2. The van der Waals surface area contributed by atoms with Gasteiger partial charge < -0.3 is 5.32 Å². The second-order valence-corrected chi connectivity index (χ2v) is 8.68. The predicted molar refractivity (Wildman–Crippen MR) is 91.5 cm³/mol. The first kappa shape index (κ1) is 13.9. The molecule has 3 nitrogen and oxygen atoms in total. The first-order valence-corrected chi connectivity index (χ1v) is 9.31. The summed E-state index contributed by atoms with van der Waals surface area (Å²) in [6, 6.07) is 8.78. The summed E-state index contributed by atoms with van der Waals surface area (Å²) in [4.78, 5) is 15.1. The van der Waals surface area contributed by atoms with E-state index < -0.39 is 0 Å². The Balaban J connectivity index is 1.40. The predicted octanol–water partition coefficient (Wildman–Crippen LogP) is 4.12. The van der Waals surface area contributed by atoms with Gasteiger partial charge in [0.05, 0.1) is 0 Å². The molecule has 0 saturated heterocycles. The van der Waals surface area contributed by atoms with Crippen LogP contribution in [0.5, 0.6) is 0 Å². The Hall–Kier alpha value is -1.51. The van der Waals surface area contributed by atoms with E-state index in [-0.39, 0.29) is 17.6 Å². The van der Waals surface area contributed by atoms with Crippen molar-refractivity contribution < 1.29 is 4.79 Å². The highest BCUT2D eigenvalue weighted by Crippen LogP contribution is 2.55. The third-order valence-electron chi connectivity index (χ3n) is 6.84. The fourth-order valence-electron chi connectivity index (χ4n) is 6.43. The Morgan fingerprint density at radius 3 is 2.35 bits per heavy atom. The zero-order valence-electron chi connectivity index (χ0n) is 13.9. The minimum Gasteiger partial charge on any atom is -0.332 e. The lowest BCUT2D eigenvalue weighted by molar-refractivity contribution is -0.0131. The third kappa shape index (κ3) is 2.12. The van der Waals surface area contributed by atoms with Crippen LogP contribution < -0.4 is 10.2 Å². The summed E-state index contributed by atoms with van der Waals surface area (Å²) in [6.07, 6.45) is 8.87. The molecule has 0 unspecified atom stereocenters. The molecule has 1 heterocycles. The molecule has 122 valence electrons. The lowest BCUT2D eigenvalue weighted by atomic mass is 9.53. The number of hydrogen-bond acceptors (Lipinski definition) is 1. The summed E-state index contributed by atoms with van der Waals surface area (Å²) in [5.74, 6) is 2.60. The molecular weight excluding hydrogens is 284 g/mol. The molecule has 1 aliphatic heterocycles. The van der Waals surface area contributed by atoms with Gasteiger partial charge in [-0.2, -0.15) is 0 Å². The van der Waals surface area contributed by atoms with Gasteiger partial charge in [0.15, 0.2) is 0 Å². The second-order valence-electron chi connectivity index (χ2n) is 8.68. The number of carbonyl (C=O) groups is 1. The van der Waals surface area contributed by atoms with Crippen molar-refractivity contribution in [3.63, 3.8) is 0 Å². The maximum atomic E-state index is 13.1. The highest BCUT2D eigenvalue weighted by atomic mass is 16.2. The molecule has 5 aliphatic rings. The number of carbonyl (C=O) groups excluding carboxylic acids is 1. The topological polar surface area (TPSA) is 32.3 Å². The van der Waals surface area contributed by atoms with Crippen LogP contribution in [0.15, 0.2) is 24.3 Å². The number of nitrogens with one attached hydrogen (secondary N) is 1. The van der Waals surface area contributed by atoms with Crippen LogP contribution >= 0.6 is 0 Å². The molecule has 2 amide bonds. The molecule has 4 aliphatic carbocycles. The van der Waals surface area contributed by atoms with Gasteiger partial charge in [0.1, 0.15) is 0 Å². The molecule has 0 radical (unpaired) electrons. The van der Waals surface area contributed by atoms with Gasteiger partial charge in [-0.15, -0.1) is 0 Å². The van der Waals surface area contributed by atoms with Crippen molar-refractivity contribution in [2.24, 2.45) is 17.8 Å². The van der Waals surface area contributed by atoms with Crippen LogP contribution in [0.2, 0.25) is 0 Å². The smallest absolute Gasteiger partial charge is 0.322 e. The fraction of sp³-hybridized carbons (Fsp3) is 0.650. The first-order chi connectivity index (χ1) is 11.1. The van der Waals surface area contributed by atoms with Gasteiger partial charge in [-0.3, -0.25) is 4.90 Å². The van der Waals surface area contributed by atoms with Crippen LogP contribution in [0.4, 0.5) is 10.5 Å². The zero-order valence-corrected chi connectivity index (χ0v) is 13.9. The number of fused-ring (bicyclic) bond motifs is 1. The number of urea groups is 1. The van der Waals surface area contributed by atoms with Crippen LogP contribution in [0.25, 0.3) is 0 Å². The molecule has 1 atom stereocenters. The van der Waals surface area contributed by atoms with Gasteiger partial charge in [0.25, 0.3) is 0 Å². The van der Waals surface area contributed by atoms with E-state index in [0.717, 1.165) is 29.9 Å². The maximum absolute atomic E-state index is 13.1. The number of para-hydroxylation sites is 1. The van der Waals surface area contributed by atoms with Crippen LogP contribution in [0, 0.1) is 17.8 Å². The monoisotopic (exact) mass is 310 g/mol.